The van der Waals surface area contributed by atoms with Crippen molar-refractivity contribution in [3.8, 4) is 5.75 Å². The van der Waals surface area contributed by atoms with Gasteiger partial charge < -0.3 is 4.74 Å². The quantitative estimate of drug-likeness (QED) is 0.132. The Morgan fingerprint density at radius 2 is 1.73 bits per heavy atom. The molecule has 0 atom stereocenters. The van der Waals surface area contributed by atoms with Gasteiger partial charge in [-0.25, -0.2) is 5.43 Å². The molecule has 0 aromatic heterocycles. The van der Waals surface area contributed by atoms with Crippen LogP contribution in [0, 0.1) is 7.14 Å². The SMILES string of the molecule is O=C(CSc1ccc(Cl)cc1)N/N=C\c1cc(I)c(OCc2ccccc2)c(I)c1. The summed E-state index contributed by atoms with van der Waals surface area (Å²) in [5.41, 5.74) is 4.57. The molecule has 1 N–H and O–H groups in total. The van der Waals surface area contributed by atoms with Crippen LogP contribution in [-0.2, 0) is 11.4 Å². The number of halogens is 3. The van der Waals surface area contributed by atoms with Crippen molar-refractivity contribution in [1.82, 2.24) is 5.43 Å². The van der Waals surface area contributed by atoms with Crippen LogP contribution >= 0.6 is 68.5 Å². The predicted octanol–water partition coefficient (Wildman–Crippen LogP) is 6.37. The Bertz CT molecular complexity index is 1010. The molecular formula is C22H17ClI2N2O2S. The number of hydrazone groups is 1. The van der Waals surface area contributed by atoms with Crippen LogP contribution in [0.1, 0.15) is 11.1 Å². The van der Waals surface area contributed by atoms with Crippen LogP contribution in [0.2, 0.25) is 5.02 Å². The molecule has 0 fully saturated rings. The molecule has 0 unspecified atom stereocenters. The van der Waals surface area contributed by atoms with Crippen molar-refractivity contribution in [3.63, 3.8) is 0 Å². The zero-order valence-electron chi connectivity index (χ0n) is 15.6. The molecule has 0 bridgehead atoms. The van der Waals surface area contributed by atoms with Gasteiger partial charge in [-0.05, 0) is 92.7 Å². The summed E-state index contributed by atoms with van der Waals surface area (Å²) in [4.78, 5) is 13.0. The Hall–Kier alpha value is -1.30. The van der Waals surface area contributed by atoms with E-state index in [0.29, 0.717) is 11.6 Å². The van der Waals surface area contributed by atoms with E-state index in [1.165, 1.54) is 11.8 Å². The number of ether oxygens (including phenoxy) is 1. The Balaban J connectivity index is 1.52. The monoisotopic (exact) mass is 662 g/mol. The average molecular weight is 663 g/mol. The number of nitrogens with zero attached hydrogens (tertiary/aromatic N) is 1. The number of thioether (sulfide) groups is 1. The van der Waals surface area contributed by atoms with Gasteiger partial charge in [0.1, 0.15) is 12.4 Å². The summed E-state index contributed by atoms with van der Waals surface area (Å²) in [6.45, 7) is 0.515. The average Bonchev–Trinajstić information content (AvgIpc) is 2.73. The van der Waals surface area contributed by atoms with Crippen LogP contribution in [0.4, 0.5) is 0 Å². The molecule has 3 rings (SSSR count). The largest absolute Gasteiger partial charge is 0.487 e. The molecule has 0 aliphatic heterocycles. The molecule has 0 saturated heterocycles. The van der Waals surface area contributed by atoms with E-state index < -0.39 is 0 Å². The first-order valence-electron chi connectivity index (χ1n) is 8.87. The summed E-state index contributed by atoms with van der Waals surface area (Å²) < 4.78 is 7.97. The molecular weight excluding hydrogens is 646 g/mol. The molecule has 0 spiro atoms. The normalized spacial score (nSPS) is 10.9. The molecule has 3 aromatic rings. The lowest BCUT2D eigenvalue weighted by Crippen LogP contribution is -2.19. The maximum absolute atomic E-state index is 12.0. The maximum atomic E-state index is 12.0. The fourth-order valence-corrected chi connectivity index (χ4v) is 5.36. The lowest BCUT2D eigenvalue weighted by atomic mass is 10.2. The van der Waals surface area contributed by atoms with Crippen LogP contribution in [0.5, 0.6) is 5.75 Å². The van der Waals surface area contributed by atoms with E-state index in [2.05, 4.69) is 55.7 Å². The zero-order valence-corrected chi connectivity index (χ0v) is 21.5. The van der Waals surface area contributed by atoms with E-state index >= 15 is 0 Å². The lowest BCUT2D eigenvalue weighted by Gasteiger charge is -2.11. The van der Waals surface area contributed by atoms with Crippen molar-refractivity contribution in [1.29, 1.82) is 0 Å². The first-order chi connectivity index (χ1) is 14.5. The highest BCUT2D eigenvalue weighted by Crippen LogP contribution is 2.29. The van der Waals surface area contributed by atoms with Gasteiger partial charge in [-0.1, -0.05) is 41.9 Å². The van der Waals surface area contributed by atoms with E-state index in [4.69, 9.17) is 16.3 Å². The van der Waals surface area contributed by atoms with Crippen LogP contribution in [0.25, 0.3) is 0 Å². The fraction of sp³-hybridized carbons (Fsp3) is 0.0909. The van der Waals surface area contributed by atoms with Crippen molar-refractivity contribution in [3.05, 3.63) is 90.0 Å². The second-order valence-corrected chi connectivity index (χ2v) is 9.93. The topological polar surface area (TPSA) is 50.7 Å². The lowest BCUT2D eigenvalue weighted by molar-refractivity contribution is -0.118. The predicted molar refractivity (Wildman–Crippen MR) is 141 cm³/mol. The van der Waals surface area contributed by atoms with Gasteiger partial charge in [-0.2, -0.15) is 5.10 Å². The molecule has 0 radical (unpaired) electrons. The van der Waals surface area contributed by atoms with Gasteiger partial charge in [0.25, 0.3) is 0 Å². The molecule has 3 aromatic carbocycles. The highest BCUT2D eigenvalue weighted by Gasteiger charge is 2.09. The third-order valence-corrected chi connectivity index (χ3v) is 6.70. The summed E-state index contributed by atoms with van der Waals surface area (Å²) in [6, 6.07) is 21.4. The second-order valence-electron chi connectivity index (χ2n) is 6.12. The number of benzene rings is 3. The molecule has 0 heterocycles. The number of amides is 1. The van der Waals surface area contributed by atoms with E-state index in [0.717, 1.165) is 28.9 Å². The fourth-order valence-electron chi connectivity index (χ4n) is 2.41. The minimum absolute atomic E-state index is 0.168. The maximum Gasteiger partial charge on any atom is 0.250 e. The molecule has 154 valence electrons. The van der Waals surface area contributed by atoms with Crippen LogP contribution < -0.4 is 10.2 Å². The first-order valence-corrected chi connectivity index (χ1v) is 12.4. The number of nitrogens with one attached hydrogen (secondary N) is 1. The summed E-state index contributed by atoms with van der Waals surface area (Å²) in [6.07, 6.45) is 1.64. The number of hydrogen-bond donors (Lipinski definition) is 1. The summed E-state index contributed by atoms with van der Waals surface area (Å²) >= 11 is 11.8. The highest BCUT2D eigenvalue weighted by molar-refractivity contribution is 14.1. The van der Waals surface area contributed by atoms with Crippen molar-refractivity contribution in [2.45, 2.75) is 11.5 Å². The van der Waals surface area contributed by atoms with Gasteiger partial charge in [0.2, 0.25) is 5.91 Å². The van der Waals surface area contributed by atoms with Gasteiger partial charge in [-0.3, -0.25) is 4.79 Å². The van der Waals surface area contributed by atoms with Crippen molar-refractivity contribution < 1.29 is 9.53 Å². The Morgan fingerprint density at radius 1 is 1.07 bits per heavy atom. The Morgan fingerprint density at radius 3 is 2.40 bits per heavy atom. The van der Waals surface area contributed by atoms with Crippen LogP contribution in [0.15, 0.2) is 76.7 Å². The summed E-state index contributed by atoms with van der Waals surface area (Å²) in [5, 5.41) is 4.74. The van der Waals surface area contributed by atoms with E-state index in [9.17, 15) is 4.79 Å². The standard InChI is InChI=1S/C22H17ClI2N2O2S/c23-17-6-8-18(9-7-17)30-14-21(28)27-26-12-16-10-19(24)22(20(25)11-16)29-13-15-4-2-1-3-5-15/h1-12H,13-14H2,(H,27,28)/b26-12-. The Kier molecular flexibility index (Phi) is 9.28. The Labute approximate surface area is 212 Å². The molecule has 0 aliphatic carbocycles. The molecule has 30 heavy (non-hydrogen) atoms. The number of hydrogen-bond acceptors (Lipinski definition) is 4. The summed E-state index contributed by atoms with van der Waals surface area (Å²) in [5.74, 6) is 0.958. The minimum atomic E-state index is -0.168. The van der Waals surface area contributed by atoms with Crippen molar-refractivity contribution in [2.24, 2.45) is 5.10 Å². The molecule has 1 amide bonds. The third-order valence-electron chi connectivity index (χ3n) is 3.83. The number of rotatable bonds is 8. The third kappa shape index (κ3) is 7.44. The minimum Gasteiger partial charge on any atom is -0.487 e. The first kappa shape index (κ1) is 23.4. The number of carbonyl (C=O) groups is 1. The highest BCUT2D eigenvalue weighted by atomic mass is 127. The second kappa shape index (κ2) is 11.9. The van der Waals surface area contributed by atoms with Crippen LogP contribution in [-0.4, -0.2) is 17.9 Å². The molecule has 8 heteroatoms. The van der Waals surface area contributed by atoms with Crippen LogP contribution in [0.3, 0.4) is 0 Å². The van der Waals surface area contributed by atoms with Gasteiger partial charge in [-0.15, -0.1) is 11.8 Å². The molecule has 0 aliphatic rings. The van der Waals surface area contributed by atoms with Gasteiger partial charge >= 0.3 is 0 Å². The van der Waals surface area contributed by atoms with Gasteiger partial charge in [0.05, 0.1) is 19.1 Å². The number of carbonyl (C=O) groups excluding carboxylic acids is 1. The van der Waals surface area contributed by atoms with E-state index in [1.807, 2.05) is 54.6 Å². The summed E-state index contributed by atoms with van der Waals surface area (Å²) in [7, 11) is 0. The molecule has 0 saturated carbocycles. The van der Waals surface area contributed by atoms with E-state index in [1.54, 1.807) is 18.3 Å². The van der Waals surface area contributed by atoms with Gasteiger partial charge in [0, 0.05) is 9.92 Å². The van der Waals surface area contributed by atoms with Crippen molar-refractivity contribution >= 4 is 80.7 Å². The van der Waals surface area contributed by atoms with Crippen molar-refractivity contribution in [2.75, 3.05) is 5.75 Å². The molecule has 4 nitrogen and oxygen atoms in total. The zero-order chi connectivity index (χ0) is 21.3. The smallest absolute Gasteiger partial charge is 0.250 e. The van der Waals surface area contributed by atoms with Gasteiger partial charge in [0.15, 0.2) is 0 Å². The van der Waals surface area contributed by atoms with E-state index in [-0.39, 0.29) is 11.7 Å².